The predicted molar refractivity (Wildman–Crippen MR) is 104 cm³/mol. The van der Waals surface area contributed by atoms with Gasteiger partial charge in [-0.15, -0.1) is 0 Å². The van der Waals surface area contributed by atoms with E-state index in [1.165, 1.54) is 5.56 Å². The molecule has 0 radical (unpaired) electrons. The van der Waals surface area contributed by atoms with Crippen molar-refractivity contribution in [3.8, 4) is 5.75 Å². The molecular formula is C20H25NO3S. The number of aryl methyl sites for hydroxylation is 3. The van der Waals surface area contributed by atoms with Gasteiger partial charge in [-0.1, -0.05) is 49.9 Å². The number of ether oxygens (including phenoxy) is 1. The zero-order chi connectivity index (χ0) is 18.4. The van der Waals surface area contributed by atoms with Crippen LogP contribution >= 0.6 is 11.8 Å². The van der Waals surface area contributed by atoms with E-state index in [2.05, 4.69) is 26.0 Å². The highest BCUT2D eigenvalue weighted by molar-refractivity contribution is 8.13. The van der Waals surface area contributed by atoms with Gasteiger partial charge in [-0.3, -0.25) is 10.0 Å². The van der Waals surface area contributed by atoms with Gasteiger partial charge in [0.25, 0.3) is 0 Å². The van der Waals surface area contributed by atoms with Crippen LogP contribution in [0.5, 0.6) is 5.75 Å². The summed E-state index contributed by atoms with van der Waals surface area (Å²) < 4.78 is 5.97. The topological polar surface area (TPSA) is 49.8 Å². The number of hydrogen-bond acceptors (Lipinski definition) is 4. The summed E-state index contributed by atoms with van der Waals surface area (Å²) in [6.45, 7) is 6.50. The molecule has 0 atom stereocenters. The number of thioether (sulfide) groups is 1. The third kappa shape index (κ3) is 4.77. The second-order valence-electron chi connectivity index (χ2n) is 5.84. The molecule has 0 unspecified atom stereocenters. The van der Waals surface area contributed by atoms with Gasteiger partial charge in [0.2, 0.25) is 0 Å². The second kappa shape index (κ2) is 8.92. The first-order valence-corrected chi connectivity index (χ1v) is 9.63. The lowest BCUT2D eigenvalue weighted by atomic mass is 10.1. The molecule has 2 aromatic rings. The summed E-state index contributed by atoms with van der Waals surface area (Å²) in [4.78, 5) is 11.8. The fourth-order valence-corrected chi connectivity index (χ4v) is 2.89. The van der Waals surface area contributed by atoms with Crippen molar-refractivity contribution in [2.75, 3.05) is 11.3 Å². The van der Waals surface area contributed by atoms with Crippen LogP contribution in [0, 0.1) is 6.92 Å². The summed E-state index contributed by atoms with van der Waals surface area (Å²) in [5, 5.41) is 10.4. The third-order valence-corrected chi connectivity index (χ3v) is 4.68. The Morgan fingerprint density at radius 1 is 1.12 bits per heavy atom. The van der Waals surface area contributed by atoms with Crippen LogP contribution in [-0.4, -0.2) is 16.7 Å². The SMILES string of the molecule is CCc1ccc(OCc2cc(CC)ccc2N(O)C(=O)SC)c(C)c1. The van der Waals surface area contributed by atoms with Crippen LogP contribution in [0.2, 0.25) is 0 Å². The van der Waals surface area contributed by atoms with Crippen molar-refractivity contribution >= 4 is 22.7 Å². The number of hydrogen-bond donors (Lipinski definition) is 1. The van der Waals surface area contributed by atoms with Crippen LogP contribution in [0.15, 0.2) is 36.4 Å². The Balaban J connectivity index is 2.26. The Hall–Kier alpha value is -1.98. The Labute approximate surface area is 153 Å². The molecule has 134 valence electrons. The number of benzene rings is 2. The van der Waals surface area contributed by atoms with E-state index in [1.807, 2.05) is 25.1 Å². The maximum absolute atomic E-state index is 11.8. The van der Waals surface area contributed by atoms with E-state index in [-0.39, 0.29) is 6.61 Å². The molecule has 0 spiro atoms. The summed E-state index contributed by atoms with van der Waals surface area (Å²) in [6.07, 6.45) is 3.50. The van der Waals surface area contributed by atoms with Crippen molar-refractivity contribution in [3.05, 3.63) is 58.7 Å². The second-order valence-corrected chi connectivity index (χ2v) is 6.60. The van der Waals surface area contributed by atoms with Gasteiger partial charge in [0.05, 0.1) is 5.69 Å². The van der Waals surface area contributed by atoms with E-state index in [0.29, 0.717) is 10.8 Å². The van der Waals surface area contributed by atoms with E-state index in [1.54, 1.807) is 12.3 Å². The zero-order valence-electron chi connectivity index (χ0n) is 15.2. The highest BCUT2D eigenvalue weighted by atomic mass is 32.2. The largest absolute Gasteiger partial charge is 0.489 e. The molecule has 0 aliphatic rings. The fraction of sp³-hybridized carbons (Fsp3) is 0.350. The van der Waals surface area contributed by atoms with E-state index in [4.69, 9.17) is 4.74 Å². The van der Waals surface area contributed by atoms with Crippen LogP contribution in [0.25, 0.3) is 0 Å². The molecule has 0 bridgehead atoms. The highest BCUT2D eigenvalue weighted by Crippen LogP contribution is 2.27. The van der Waals surface area contributed by atoms with Crippen LogP contribution in [0.1, 0.15) is 36.1 Å². The lowest BCUT2D eigenvalue weighted by Crippen LogP contribution is -2.24. The summed E-state index contributed by atoms with van der Waals surface area (Å²) in [5.41, 5.74) is 4.72. The average molecular weight is 359 g/mol. The quantitative estimate of drug-likeness (QED) is 0.556. The standard InChI is InChI=1S/C20H25NO3S/c1-5-15-8-10-19(14(3)11-15)24-13-17-12-16(6-2)7-9-18(17)21(23)20(22)25-4/h7-12,23H,5-6,13H2,1-4H3. The van der Waals surface area contributed by atoms with Crippen LogP contribution in [0.4, 0.5) is 10.5 Å². The summed E-state index contributed by atoms with van der Waals surface area (Å²) in [5.74, 6) is 0.811. The molecule has 25 heavy (non-hydrogen) atoms. The summed E-state index contributed by atoms with van der Waals surface area (Å²) >= 11 is 0.964. The van der Waals surface area contributed by atoms with Gasteiger partial charge in [-0.25, -0.2) is 0 Å². The first-order valence-electron chi connectivity index (χ1n) is 8.41. The molecule has 2 aromatic carbocycles. The third-order valence-electron chi connectivity index (χ3n) is 4.16. The van der Waals surface area contributed by atoms with Gasteiger partial charge in [0, 0.05) is 5.56 Å². The van der Waals surface area contributed by atoms with Crippen LogP contribution in [-0.2, 0) is 19.4 Å². The minimum Gasteiger partial charge on any atom is -0.489 e. The molecule has 0 aromatic heterocycles. The van der Waals surface area contributed by atoms with Crippen LogP contribution < -0.4 is 9.80 Å². The average Bonchev–Trinajstić information content (AvgIpc) is 2.65. The lowest BCUT2D eigenvalue weighted by molar-refractivity contribution is 0.223. The maximum Gasteiger partial charge on any atom is 0.309 e. The van der Waals surface area contributed by atoms with Crippen molar-refractivity contribution in [1.82, 2.24) is 0 Å². The monoisotopic (exact) mass is 359 g/mol. The molecule has 5 heteroatoms. The number of carbonyl (C=O) groups is 1. The van der Waals surface area contributed by atoms with Crippen molar-refractivity contribution in [1.29, 1.82) is 0 Å². The zero-order valence-corrected chi connectivity index (χ0v) is 16.0. The molecular weight excluding hydrogens is 334 g/mol. The van der Waals surface area contributed by atoms with Gasteiger partial charge >= 0.3 is 5.24 Å². The number of carbonyl (C=O) groups excluding carboxylic acids is 1. The first kappa shape index (κ1) is 19.3. The van der Waals surface area contributed by atoms with Crippen molar-refractivity contribution in [2.24, 2.45) is 0 Å². The molecule has 0 heterocycles. The molecule has 0 saturated heterocycles. The van der Waals surface area contributed by atoms with Gasteiger partial charge in [-0.2, -0.15) is 5.06 Å². The first-order chi connectivity index (χ1) is 12.0. The van der Waals surface area contributed by atoms with Gasteiger partial charge in [0.1, 0.15) is 12.4 Å². The number of anilines is 1. The number of nitrogens with zero attached hydrogens (tertiary/aromatic N) is 1. The van der Waals surface area contributed by atoms with Gasteiger partial charge < -0.3 is 4.74 Å². The fourth-order valence-electron chi connectivity index (χ4n) is 2.61. The Morgan fingerprint density at radius 3 is 2.36 bits per heavy atom. The highest BCUT2D eigenvalue weighted by Gasteiger charge is 2.17. The van der Waals surface area contributed by atoms with E-state index >= 15 is 0 Å². The molecule has 0 saturated carbocycles. The maximum atomic E-state index is 11.8. The van der Waals surface area contributed by atoms with Crippen molar-refractivity contribution in [3.63, 3.8) is 0 Å². The van der Waals surface area contributed by atoms with Crippen LogP contribution in [0.3, 0.4) is 0 Å². The molecule has 4 nitrogen and oxygen atoms in total. The van der Waals surface area contributed by atoms with E-state index in [9.17, 15) is 10.0 Å². The number of hydroxylamine groups is 1. The molecule has 1 N–H and O–H groups in total. The van der Waals surface area contributed by atoms with E-state index < -0.39 is 5.24 Å². The van der Waals surface area contributed by atoms with Gasteiger partial charge in [-0.05, 0) is 54.8 Å². The number of amides is 1. The Morgan fingerprint density at radius 2 is 1.76 bits per heavy atom. The minimum absolute atomic E-state index is 0.286. The lowest BCUT2D eigenvalue weighted by Gasteiger charge is -2.19. The molecule has 0 fully saturated rings. The Kier molecular flexibility index (Phi) is 6.91. The van der Waals surface area contributed by atoms with E-state index in [0.717, 1.165) is 47.0 Å². The molecule has 0 aliphatic heterocycles. The van der Waals surface area contributed by atoms with Crippen molar-refractivity contribution in [2.45, 2.75) is 40.2 Å². The van der Waals surface area contributed by atoms with Crippen molar-refractivity contribution < 1.29 is 14.7 Å². The normalized spacial score (nSPS) is 10.6. The molecule has 1 amide bonds. The predicted octanol–water partition coefficient (Wildman–Crippen LogP) is 5.38. The Bertz CT molecular complexity index is 746. The molecule has 0 aliphatic carbocycles. The molecule has 2 rings (SSSR count). The minimum atomic E-state index is -0.422. The van der Waals surface area contributed by atoms with Gasteiger partial charge in [0.15, 0.2) is 0 Å². The smallest absolute Gasteiger partial charge is 0.309 e. The summed E-state index contributed by atoms with van der Waals surface area (Å²) in [7, 11) is 0. The number of rotatable bonds is 6. The summed E-state index contributed by atoms with van der Waals surface area (Å²) in [6, 6.07) is 11.8.